The van der Waals surface area contributed by atoms with E-state index in [9.17, 15) is 9.59 Å². The van der Waals surface area contributed by atoms with Gasteiger partial charge >= 0.3 is 12.1 Å². The summed E-state index contributed by atoms with van der Waals surface area (Å²) in [6.07, 6.45) is 4.52. The van der Waals surface area contributed by atoms with Crippen molar-refractivity contribution in [3.63, 3.8) is 0 Å². The van der Waals surface area contributed by atoms with Crippen LogP contribution >= 0.6 is 0 Å². The molecule has 3 rings (SSSR count). The molecule has 0 aromatic heterocycles. The van der Waals surface area contributed by atoms with Gasteiger partial charge in [-0.1, -0.05) is 11.1 Å². The summed E-state index contributed by atoms with van der Waals surface area (Å²) in [7, 11) is 0. The summed E-state index contributed by atoms with van der Waals surface area (Å²) in [6.45, 7) is 2.61. The molecule has 3 fully saturated rings. The highest BCUT2D eigenvalue weighted by atomic mass is 16.2. The standard InChI is InChI=1S/C12H17N3O2/c16-11-13-5-8-15(11)12(17)14-6-3-10(4-7-14)9-1-2-9/h1-8H2,(H,13,16). The van der Waals surface area contributed by atoms with Crippen LogP contribution in [0.5, 0.6) is 0 Å². The van der Waals surface area contributed by atoms with Crippen LogP contribution in [0.15, 0.2) is 11.1 Å². The number of hydrogen-bond acceptors (Lipinski definition) is 2. The van der Waals surface area contributed by atoms with Crippen molar-refractivity contribution in [1.29, 1.82) is 0 Å². The van der Waals surface area contributed by atoms with Crippen LogP contribution in [0, 0.1) is 0 Å². The quantitative estimate of drug-likeness (QED) is 0.644. The third-order valence-electron chi connectivity index (χ3n) is 3.73. The molecule has 2 aliphatic heterocycles. The minimum Gasteiger partial charge on any atom is -0.336 e. The van der Waals surface area contributed by atoms with E-state index in [0.29, 0.717) is 13.1 Å². The van der Waals surface area contributed by atoms with Gasteiger partial charge in [0.05, 0.1) is 0 Å². The summed E-state index contributed by atoms with van der Waals surface area (Å²) in [5.41, 5.74) is 3.16. The van der Waals surface area contributed by atoms with Gasteiger partial charge in [-0.2, -0.15) is 0 Å². The van der Waals surface area contributed by atoms with Gasteiger partial charge in [0.25, 0.3) is 0 Å². The second-order valence-electron chi connectivity index (χ2n) is 4.86. The van der Waals surface area contributed by atoms with E-state index in [0.717, 1.165) is 25.9 Å². The number of allylic oxidation sites excluding steroid dienone is 1. The van der Waals surface area contributed by atoms with Gasteiger partial charge in [-0.25, -0.2) is 14.5 Å². The Kier molecular flexibility index (Phi) is 2.53. The molecule has 0 aromatic carbocycles. The van der Waals surface area contributed by atoms with Gasteiger partial charge in [0, 0.05) is 26.2 Å². The summed E-state index contributed by atoms with van der Waals surface area (Å²) in [4.78, 5) is 26.6. The third-order valence-corrected chi connectivity index (χ3v) is 3.73. The Bertz CT molecular complexity index is 387. The Morgan fingerprint density at radius 3 is 2.18 bits per heavy atom. The van der Waals surface area contributed by atoms with Crippen molar-refractivity contribution in [3.8, 4) is 0 Å². The first-order chi connectivity index (χ1) is 8.25. The number of likely N-dealkylation sites (tertiary alicyclic amines) is 1. The van der Waals surface area contributed by atoms with Gasteiger partial charge in [0.1, 0.15) is 0 Å². The van der Waals surface area contributed by atoms with Gasteiger partial charge in [0.2, 0.25) is 0 Å². The van der Waals surface area contributed by atoms with Crippen molar-refractivity contribution in [3.05, 3.63) is 11.1 Å². The Balaban J connectivity index is 1.60. The lowest BCUT2D eigenvalue weighted by Crippen LogP contribution is -2.46. The fourth-order valence-electron chi connectivity index (χ4n) is 2.56. The molecule has 1 saturated carbocycles. The van der Waals surface area contributed by atoms with Crippen molar-refractivity contribution in [2.75, 3.05) is 26.2 Å². The molecule has 17 heavy (non-hydrogen) atoms. The summed E-state index contributed by atoms with van der Waals surface area (Å²) < 4.78 is 0. The number of imide groups is 1. The van der Waals surface area contributed by atoms with E-state index in [1.807, 2.05) is 0 Å². The molecule has 0 atom stereocenters. The lowest BCUT2D eigenvalue weighted by molar-refractivity contribution is 0.160. The molecular formula is C12H17N3O2. The van der Waals surface area contributed by atoms with E-state index >= 15 is 0 Å². The maximum absolute atomic E-state index is 12.1. The average molecular weight is 235 g/mol. The molecule has 0 radical (unpaired) electrons. The lowest BCUT2D eigenvalue weighted by atomic mass is 10.0. The molecule has 92 valence electrons. The first-order valence-corrected chi connectivity index (χ1v) is 6.30. The SMILES string of the molecule is O=C1NCCN1C(=O)N1CCC(=C2CC2)CC1. The van der Waals surface area contributed by atoms with Crippen LogP contribution < -0.4 is 5.32 Å². The minimum absolute atomic E-state index is 0.125. The summed E-state index contributed by atoms with van der Waals surface area (Å²) >= 11 is 0. The topological polar surface area (TPSA) is 52.7 Å². The highest BCUT2D eigenvalue weighted by molar-refractivity contribution is 5.95. The van der Waals surface area contributed by atoms with Crippen LogP contribution in [-0.2, 0) is 0 Å². The molecule has 5 heteroatoms. The van der Waals surface area contributed by atoms with Gasteiger partial charge in [0.15, 0.2) is 0 Å². The number of hydrogen-bond donors (Lipinski definition) is 1. The van der Waals surface area contributed by atoms with Gasteiger partial charge in [-0.05, 0) is 25.7 Å². The van der Waals surface area contributed by atoms with Crippen molar-refractivity contribution < 1.29 is 9.59 Å². The van der Waals surface area contributed by atoms with Crippen LogP contribution in [0.25, 0.3) is 0 Å². The first kappa shape index (κ1) is 10.6. The molecule has 0 aromatic rings. The molecule has 1 N–H and O–H groups in total. The number of carbonyl (C=O) groups excluding carboxylic acids is 2. The van der Waals surface area contributed by atoms with Gasteiger partial charge < -0.3 is 10.2 Å². The smallest absolute Gasteiger partial charge is 0.328 e. The molecule has 2 heterocycles. The number of piperidine rings is 1. The second-order valence-corrected chi connectivity index (χ2v) is 4.86. The Morgan fingerprint density at radius 2 is 1.65 bits per heavy atom. The predicted octanol–water partition coefficient (Wildman–Crippen LogP) is 1.32. The molecule has 5 nitrogen and oxygen atoms in total. The number of rotatable bonds is 0. The zero-order valence-electron chi connectivity index (χ0n) is 9.87. The molecule has 4 amide bonds. The van der Waals surface area contributed by atoms with E-state index in [2.05, 4.69) is 5.32 Å². The van der Waals surface area contributed by atoms with Crippen LogP contribution in [0.4, 0.5) is 9.59 Å². The van der Waals surface area contributed by atoms with E-state index in [-0.39, 0.29) is 12.1 Å². The molecule has 1 aliphatic carbocycles. The zero-order valence-corrected chi connectivity index (χ0v) is 9.87. The van der Waals surface area contributed by atoms with Crippen molar-refractivity contribution in [2.24, 2.45) is 0 Å². The number of carbonyl (C=O) groups is 2. The first-order valence-electron chi connectivity index (χ1n) is 6.30. The number of nitrogens with zero attached hydrogens (tertiary/aromatic N) is 2. The molecule has 2 saturated heterocycles. The second kappa shape index (κ2) is 4.05. The van der Waals surface area contributed by atoms with E-state index in [4.69, 9.17) is 0 Å². The molecule has 3 aliphatic rings. The van der Waals surface area contributed by atoms with Gasteiger partial charge in [-0.15, -0.1) is 0 Å². The van der Waals surface area contributed by atoms with E-state index in [1.54, 1.807) is 16.0 Å². The predicted molar refractivity (Wildman–Crippen MR) is 62.6 cm³/mol. The molecular weight excluding hydrogens is 218 g/mol. The third kappa shape index (κ3) is 2.01. The monoisotopic (exact) mass is 235 g/mol. The van der Waals surface area contributed by atoms with Crippen LogP contribution in [0.1, 0.15) is 25.7 Å². The fourth-order valence-corrected chi connectivity index (χ4v) is 2.56. The fraction of sp³-hybridized carbons (Fsp3) is 0.667. The maximum atomic E-state index is 12.1. The van der Waals surface area contributed by atoms with Crippen LogP contribution in [0.2, 0.25) is 0 Å². The van der Waals surface area contributed by atoms with Crippen molar-refractivity contribution >= 4 is 12.1 Å². The van der Waals surface area contributed by atoms with Crippen LogP contribution in [-0.4, -0.2) is 48.0 Å². The molecule has 0 spiro atoms. The van der Waals surface area contributed by atoms with Crippen molar-refractivity contribution in [2.45, 2.75) is 25.7 Å². The maximum Gasteiger partial charge on any atom is 0.328 e. The minimum atomic E-state index is -0.249. The van der Waals surface area contributed by atoms with Crippen molar-refractivity contribution in [1.82, 2.24) is 15.1 Å². The summed E-state index contributed by atoms with van der Waals surface area (Å²) in [6, 6.07) is -0.374. The number of nitrogens with one attached hydrogen (secondary N) is 1. The lowest BCUT2D eigenvalue weighted by Gasteiger charge is -2.30. The zero-order chi connectivity index (χ0) is 11.8. The largest absolute Gasteiger partial charge is 0.336 e. The summed E-state index contributed by atoms with van der Waals surface area (Å²) in [5, 5.41) is 2.66. The number of amides is 4. The molecule has 0 unspecified atom stereocenters. The van der Waals surface area contributed by atoms with Crippen LogP contribution in [0.3, 0.4) is 0 Å². The Hall–Kier alpha value is -1.52. The highest BCUT2D eigenvalue weighted by Crippen LogP contribution is 2.36. The average Bonchev–Trinajstić information content (AvgIpc) is 3.12. The highest BCUT2D eigenvalue weighted by Gasteiger charge is 2.32. The summed E-state index contributed by atoms with van der Waals surface area (Å²) in [5.74, 6) is 0. The Morgan fingerprint density at radius 1 is 1.00 bits per heavy atom. The van der Waals surface area contributed by atoms with E-state index < -0.39 is 0 Å². The molecule has 0 bridgehead atoms. The van der Waals surface area contributed by atoms with E-state index in [1.165, 1.54) is 17.7 Å². The normalized spacial score (nSPS) is 24.1. The van der Waals surface area contributed by atoms with Gasteiger partial charge in [-0.3, -0.25) is 0 Å². The Labute approximate surface area is 100 Å². The number of urea groups is 2.